The average Bonchev–Trinajstić information content (AvgIpc) is 3.54. The van der Waals surface area contributed by atoms with Gasteiger partial charge < -0.3 is 15.1 Å². The SMILES string of the molecule is CC(C)(C)[C@@H]1CCc2c(sc(NC(=O)c3cnn4c3N[C@@H](c3ccco3)C[C@@H]4C(F)(F)F)c2C#N)C1. The van der Waals surface area contributed by atoms with Crippen molar-refractivity contribution in [2.24, 2.45) is 11.3 Å². The summed E-state index contributed by atoms with van der Waals surface area (Å²) < 4.78 is 47.8. The first kappa shape index (κ1) is 24.4. The van der Waals surface area contributed by atoms with Crippen LogP contribution in [0.3, 0.4) is 0 Å². The van der Waals surface area contributed by atoms with Crippen LogP contribution in [0.1, 0.15) is 77.8 Å². The maximum Gasteiger partial charge on any atom is 0.410 e. The highest BCUT2D eigenvalue weighted by atomic mass is 32.1. The van der Waals surface area contributed by atoms with Crippen LogP contribution in [-0.2, 0) is 12.8 Å². The lowest BCUT2D eigenvalue weighted by molar-refractivity contribution is -0.174. The number of alkyl halides is 3. The molecule has 11 heteroatoms. The number of rotatable bonds is 3. The van der Waals surface area contributed by atoms with Crippen molar-refractivity contribution in [3.8, 4) is 6.07 Å². The number of halogens is 3. The van der Waals surface area contributed by atoms with E-state index in [-0.39, 0.29) is 23.2 Å². The van der Waals surface area contributed by atoms with Gasteiger partial charge in [0.25, 0.3) is 5.91 Å². The van der Waals surface area contributed by atoms with E-state index in [9.17, 15) is 23.2 Å². The number of nitriles is 1. The number of fused-ring (bicyclic) bond motifs is 2. The molecule has 0 radical (unpaired) electrons. The molecule has 3 aromatic rings. The third kappa shape index (κ3) is 4.28. The molecule has 5 rings (SSSR count). The van der Waals surface area contributed by atoms with E-state index in [2.05, 4.69) is 42.6 Å². The molecule has 2 aliphatic rings. The van der Waals surface area contributed by atoms with Gasteiger partial charge in [-0.3, -0.25) is 4.79 Å². The molecule has 0 fully saturated rings. The fourth-order valence-electron chi connectivity index (χ4n) is 5.11. The van der Waals surface area contributed by atoms with E-state index in [1.165, 1.54) is 17.6 Å². The number of furan rings is 1. The second-order valence-electron chi connectivity index (χ2n) is 10.4. The molecule has 0 unspecified atom stereocenters. The van der Waals surface area contributed by atoms with E-state index in [1.54, 1.807) is 12.1 Å². The van der Waals surface area contributed by atoms with Crippen LogP contribution in [0.5, 0.6) is 0 Å². The van der Waals surface area contributed by atoms with Gasteiger partial charge in [0.15, 0.2) is 6.04 Å². The molecule has 4 heterocycles. The Kier molecular flexibility index (Phi) is 5.90. The number of amides is 1. The highest BCUT2D eigenvalue weighted by molar-refractivity contribution is 7.16. The molecule has 0 spiro atoms. The van der Waals surface area contributed by atoms with Gasteiger partial charge in [-0.15, -0.1) is 11.3 Å². The Morgan fingerprint density at radius 2 is 2.14 bits per heavy atom. The molecule has 0 saturated heterocycles. The number of anilines is 2. The normalized spacial score (nSPS) is 21.8. The van der Waals surface area contributed by atoms with Gasteiger partial charge >= 0.3 is 6.18 Å². The van der Waals surface area contributed by atoms with E-state index < -0.39 is 24.2 Å². The van der Waals surface area contributed by atoms with Crippen molar-refractivity contribution < 1.29 is 22.4 Å². The summed E-state index contributed by atoms with van der Waals surface area (Å²) in [4.78, 5) is 14.4. The summed E-state index contributed by atoms with van der Waals surface area (Å²) in [7, 11) is 0. The van der Waals surface area contributed by atoms with Crippen molar-refractivity contribution in [2.45, 2.75) is 64.7 Å². The summed E-state index contributed by atoms with van der Waals surface area (Å²) in [6.45, 7) is 6.60. The van der Waals surface area contributed by atoms with Crippen molar-refractivity contribution in [2.75, 3.05) is 10.6 Å². The average molecular weight is 518 g/mol. The van der Waals surface area contributed by atoms with E-state index in [0.29, 0.717) is 22.2 Å². The van der Waals surface area contributed by atoms with E-state index in [1.807, 2.05) is 0 Å². The van der Waals surface area contributed by atoms with Crippen molar-refractivity contribution >= 4 is 28.1 Å². The lowest BCUT2D eigenvalue weighted by atomic mass is 9.72. The molecule has 1 aliphatic carbocycles. The molecule has 0 aromatic carbocycles. The number of nitrogens with one attached hydrogen (secondary N) is 2. The van der Waals surface area contributed by atoms with Gasteiger partial charge in [-0.05, 0) is 48.3 Å². The molecule has 2 N–H and O–H groups in total. The van der Waals surface area contributed by atoms with Crippen molar-refractivity contribution in [3.05, 3.63) is 51.9 Å². The molecule has 1 amide bonds. The van der Waals surface area contributed by atoms with Crippen LogP contribution in [-0.4, -0.2) is 21.9 Å². The van der Waals surface area contributed by atoms with Gasteiger partial charge in [-0.25, -0.2) is 4.68 Å². The number of carbonyl (C=O) groups excluding carboxylic acids is 1. The number of thiophene rings is 1. The second-order valence-corrected chi connectivity index (χ2v) is 11.5. The fourth-order valence-corrected chi connectivity index (χ4v) is 6.38. The van der Waals surface area contributed by atoms with Crippen LogP contribution in [0, 0.1) is 22.7 Å². The molecule has 190 valence electrons. The zero-order valence-electron chi connectivity index (χ0n) is 20.1. The van der Waals surface area contributed by atoms with Crippen LogP contribution in [0.25, 0.3) is 0 Å². The van der Waals surface area contributed by atoms with Crippen LogP contribution >= 0.6 is 11.3 Å². The molecule has 7 nitrogen and oxygen atoms in total. The minimum atomic E-state index is -4.56. The highest BCUT2D eigenvalue weighted by Gasteiger charge is 2.48. The third-order valence-corrected chi connectivity index (χ3v) is 8.37. The monoisotopic (exact) mass is 517 g/mol. The van der Waals surface area contributed by atoms with Gasteiger partial charge in [0.2, 0.25) is 0 Å². The summed E-state index contributed by atoms with van der Waals surface area (Å²) in [5, 5.41) is 20.0. The summed E-state index contributed by atoms with van der Waals surface area (Å²) in [6.07, 6.45) is 0.195. The maximum atomic E-state index is 13.9. The first-order valence-electron chi connectivity index (χ1n) is 11.8. The Hall–Kier alpha value is -3.26. The van der Waals surface area contributed by atoms with Crippen LogP contribution in [0.15, 0.2) is 29.0 Å². The summed E-state index contributed by atoms with van der Waals surface area (Å²) in [5.41, 5.74) is 1.50. The first-order valence-corrected chi connectivity index (χ1v) is 12.6. The minimum Gasteiger partial charge on any atom is -0.467 e. The molecule has 1 aliphatic heterocycles. The topological polar surface area (TPSA) is 95.9 Å². The summed E-state index contributed by atoms with van der Waals surface area (Å²) in [6, 6.07) is 2.73. The van der Waals surface area contributed by atoms with Gasteiger partial charge in [0, 0.05) is 11.3 Å². The van der Waals surface area contributed by atoms with E-state index in [4.69, 9.17) is 4.42 Å². The molecule has 3 atom stereocenters. The number of hydrogen-bond donors (Lipinski definition) is 2. The lowest BCUT2D eigenvalue weighted by Crippen LogP contribution is -2.36. The Labute approximate surface area is 210 Å². The van der Waals surface area contributed by atoms with Gasteiger partial charge in [0.1, 0.15) is 28.2 Å². The maximum absolute atomic E-state index is 13.9. The van der Waals surface area contributed by atoms with Crippen LogP contribution in [0.2, 0.25) is 0 Å². The summed E-state index contributed by atoms with van der Waals surface area (Å²) >= 11 is 1.38. The Balaban J connectivity index is 1.45. The van der Waals surface area contributed by atoms with Crippen LogP contribution in [0.4, 0.5) is 24.0 Å². The van der Waals surface area contributed by atoms with Crippen molar-refractivity contribution in [1.82, 2.24) is 9.78 Å². The van der Waals surface area contributed by atoms with Crippen molar-refractivity contribution in [1.29, 1.82) is 5.26 Å². The predicted molar refractivity (Wildman–Crippen MR) is 129 cm³/mol. The highest BCUT2D eigenvalue weighted by Crippen LogP contribution is 2.46. The van der Waals surface area contributed by atoms with Crippen molar-refractivity contribution in [3.63, 3.8) is 0 Å². The lowest BCUT2D eigenvalue weighted by Gasteiger charge is -2.33. The zero-order valence-corrected chi connectivity index (χ0v) is 20.9. The number of nitrogens with zero attached hydrogens (tertiary/aromatic N) is 3. The second kappa shape index (κ2) is 8.69. The summed E-state index contributed by atoms with van der Waals surface area (Å²) in [5.74, 6) is 0.153. The molecule has 36 heavy (non-hydrogen) atoms. The van der Waals surface area contributed by atoms with E-state index >= 15 is 0 Å². The van der Waals surface area contributed by atoms with Crippen LogP contribution < -0.4 is 10.6 Å². The molecular formula is C25H26F3N5O2S. The molecule has 3 aromatic heterocycles. The number of hydrogen-bond acceptors (Lipinski definition) is 6. The van der Waals surface area contributed by atoms with Gasteiger partial charge in [0.05, 0.1) is 24.1 Å². The first-order chi connectivity index (χ1) is 17.0. The molecule has 0 saturated carbocycles. The quantitative estimate of drug-likeness (QED) is 0.415. The van der Waals surface area contributed by atoms with E-state index in [0.717, 1.165) is 40.6 Å². The Bertz CT molecular complexity index is 1330. The minimum absolute atomic E-state index is 0.0247. The number of carbonyl (C=O) groups is 1. The standard InChI is InChI=1S/C25H26F3N5O2S/c1-24(2,3)13-6-7-14-15(11-29)23(36-19(14)9-13)32-22(34)16-12-30-33-20(25(26,27)28)10-17(31-21(16)33)18-5-4-8-35-18/h4-5,8,12-13,17,20,31H,6-7,9-10H2,1-3H3,(H,32,34)/t13-,17-,20-/m1/s1. The smallest absolute Gasteiger partial charge is 0.410 e. The molecular weight excluding hydrogens is 491 g/mol. The zero-order chi connectivity index (χ0) is 25.8. The largest absolute Gasteiger partial charge is 0.467 e. The fraction of sp³-hybridized carbons (Fsp3) is 0.480. The Morgan fingerprint density at radius 3 is 2.78 bits per heavy atom. The predicted octanol–water partition coefficient (Wildman–Crippen LogP) is 6.47. The van der Waals surface area contributed by atoms with Gasteiger partial charge in [-0.2, -0.15) is 23.5 Å². The number of aromatic nitrogens is 2. The Morgan fingerprint density at radius 1 is 1.36 bits per heavy atom. The third-order valence-electron chi connectivity index (χ3n) is 7.20. The van der Waals surface area contributed by atoms with Gasteiger partial charge in [-0.1, -0.05) is 20.8 Å². The molecule has 0 bridgehead atoms.